The van der Waals surface area contributed by atoms with Crippen LogP contribution >= 0.6 is 0 Å². The zero-order valence-electron chi connectivity index (χ0n) is 10.0. The Labute approximate surface area is 95.7 Å². The number of aromatic amines is 1. The summed E-state index contributed by atoms with van der Waals surface area (Å²) < 4.78 is 13.5. The van der Waals surface area contributed by atoms with Gasteiger partial charge in [-0.1, -0.05) is 32.9 Å². The Balaban J connectivity index is 2.57. The number of aromatic nitrogens is 1. The Morgan fingerprint density at radius 3 is 2.69 bits per heavy atom. The zero-order chi connectivity index (χ0) is 11.7. The molecule has 2 rings (SSSR count). The number of para-hydroxylation sites is 1. The van der Waals surface area contributed by atoms with Crippen LogP contribution in [0.2, 0.25) is 0 Å². The Morgan fingerprint density at radius 2 is 2.06 bits per heavy atom. The Hall–Kier alpha value is -1.31. The van der Waals surface area contributed by atoms with Crippen LogP contribution in [0.25, 0.3) is 10.9 Å². The molecule has 0 spiro atoms. The molecule has 0 bridgehead atoms. The van der Waals surface area contributed by atoms with Crippen molar-refractivity contribution in [1.82, 2.24) is 4.98 Å². The van der Waals surface area contributed by atoms with Crippen LogP contribution < -0.4 is 0 Å². The van der Waals surface area contributed by atoms with Gasteiger partial charge >= 0.3 is 0 Å². The molecule has 1 atom stereocenters. The van der Waals surface area contributed by atoms with Crippen molar-refractivity contribution in [2.75, 3.05) is 0 Å². The topological polar surface area (TPSA) is 15.8 Å². The number of fused-ring (bicyclic) bond motifs is 1. The van der Waals surface area contributed by atoms with E-state index in [0.717, 1.165) is 11.8 Å². The first-order valence-corrected chi connectivity index (χ1v) is 5.90. The van der Waals surface area contributed by atoms with Gasteiger partial charge in [0.1, 0.15) is 5.82 Å². The third-order valence-electron chi connectivity index (χ3n) is 3.34. The third kappa shape index (κ3) is 1.73. The summed E-state index contributed by atoms with van der Waals surface area (Å²) in [5.41, 5.74) is 1.88. The number of hydrogen-bond acceptors (Lipinski definition) is 0. The molecule has 16 heavy (non-hydrogen) atoms. The highest BCUT2D eigenvalue weighted by Gasteiger charge is 2.18. The van der Waals surface area contributed by atoms with E-state index < -0.39 is 0 Å². The summed E-state index contributed by atoms with van der Waals surface area (Å²) in [4.78, 5) is 3.05. The predicted molar refractivity (Wildman–Crippen MR) is 66.1 cm³/mol. The van der Waals surface area contributed by atoms with Crippen LogP contribution in [0.15, 0.2) is 24.4 Å². The minimum atomic E-state index is -0.164. The summed E-state index contributed by atoms with van der Waals surface area (Å²) in [6, 6.07) is 5.27. The average molecular weight is 219 g/mol. The molecule has 1 aromatic heterocycles. The van der Waals surface area contributed by atoms with E-state index in [1.807, 2.05) is 12.3 Å². The number of nitrogens with one attached hydrogen (secondary N) is 1. The number of H-pyrrole nitrogens is 1. The molecule has 0 saturated carbocycles. The fraction of sp³-hybridized carbons (Fsp3) is 0.429. The molecule has 2 heteroatoms. The van der Waals surface area contributed by atoms with Crippen LogP contribution in [0, 0.1) is 11.7 Å². The molecule has 0 aliphatic carbocycles. The number of rotatable bonds is 3. The predicted octanol–water partition coefficient (Wildman–Crippen LogP) is 4.46. The van der Waals surface area contributed by atoms with Gasteiger partial charge in [-0.05, 0) is 29.9 Å². The highest BCUT2D eigenvalue weighted by atomic mass is 19.1. The maximum absolute atomic E-state index is 13.5. The molecule has 1 aromatic carbocycles. The number of benzene rings is 1. The maximum atomic E-state index is 13.5. The summed E-state index contributed by atoms with van der Waals surface area (Å²) in [5, 5.41) is 1.03. The minimum absolute atomic E-state index is 0.164. The van der Waals surface area contributed by atoms with Gasteiger partial charge in [0.15, 0.2) is 0 Å². The van der Waals surface area contributed by atoms with E-state index >= 15 is 0 Å². The van der Waals surface area contributed by atoms with Gasteiger partial charge in [0.2, 0.25) is 0 Å². The second kappa shape index (κ2) is 4.28. The standard InChI is InChI=1S/C14H18FN/c1-4-10(9(2)3)12-8-16-14-11(12)6-5-7-13(14)15/h5-10,16H,4H2,1-3H3. The van der Waals surface area contributed by atoms with E-state index in [2.05, 4.69) is 25.8 Å². The Bertz CT molecular complexity index is 484. The van der Waals surface area contributed by atoms with Crippen molar-refractivity contribution in [3.05, 3.63) is 35.8 Å². The molecule has 0 amide bonds. The quantitative estimate of drug-likeness (QED) is 0.784. The van der Waals surface area contributed by atoms with E-state index in [4.69, 9.17) is 0 Å². The van der Waals surface area contributed by atoms with Crippen molar-refractivity contribution in [2.24, 2.45) is 5.92 Å². The van der Waals surface area contributed by atoms with Gasteiger partial charge in [-0.2, -0.15) is 0 Å². The molecule has 0 radical (unpaired) electrons. The van der Waals surface area contributed by atoms with Gasteiger partial charge in [0, 0.05) is 11.6 Å². The lowest BCUT2D eigenvalue weighted by Crippen LogP contribution is -2.04. The van der Waals surface area contributed by atoms with Gasteiger partial charge in [-0.25, -0.2) is 4.39 Å². The molecular weight excluding hydrogens is 201 g/mol. The minimum Gasteiger partial charge on any atom is -0.359 e. The Morgan fingerprint density at radius 1 is 1.31 bits per heavy atom. The number of halogens is 1. The van der Waals surface area contributed by atoms with Crippen LogP contribution in [0.5, 0.6) is 0 Å². The molecule has 1 N–H and O–H groups in total. The highest BCUT2D eigenvalue weighted by molar-refractivity contribution is 5.84. The summed E-state index contributed by atoms with van der Waals surface area (Å²) in [7, 11) is 0. The zero-order valence-corrected chi connectivity index (χ0v) is 10.0. The molecule has 1 heterocycles. The second-order valence-electron chi connectivity index (χ2n) is 4.67. The Kier molecular flexibility index (Phi) is 2.99. The van der Waals surface area contributed by atoms with Crippen molar-refractivity contribution in [2.45, 2.75) is 33.1 Å². The van der Waals surface area contributed by atoms with E-state index in [9.17, 15) is 4.39 Å². The normalized spacial score (nSPS) is 13.6. The van der Waals surface area contributed by atoms with Crippen LogP contribution in [0.3, 0.4) is 0 Å². The first-order chi connectivity index (χ1) is 7.65. The van der Waals surface area contributed by atoms with Gasteiger partial charge in [-0.3, -0.25) is 0 Å². The van der Waals surface area contributed by atoms with E-state index in [1.165, 1.54) is 11.6 Å². The van der Waals surface area contributed by atoms with E-state index in [1.54, 1.807) is 6.07 Å². The largest absolute Gasteiger partial charge is 0.359 e. The molecule has 0 fully saturated rings. The van der Waals surface area contributed by atoms with Gasteiger partial charge < -0.3 is 4.98 Å². The van der Waals surface area contributed by atoms with Crippen molar-refractivity contribution in [1.29, 1.82) is 0 Å². The monoisotopic (exact) mass is 219 g/mol. The molecule has 0 aliphatic rings. The lowest BCUT2D eigenvalue weighted by molar-refractivity contribution is 0.488. The van der Waals surface area contributed by atoms with Crippen molar-refractivity contribution in [3.8, 4) is 0 Å². The van der Waals surface area contributed by atoms with E-state index in [-0.39, 0.29) is 5.82 Å². The molecule has 86 valence electrons. The molecule has 0 saturated heterocycles. The average Bonchev–Trinajstić information content (AvgIpc) is 2.64. The van der Waals surface area contributed by atoms with Crippen molar-refractivity contribution >= 4 is 10.9 Å². The third-order valence-corrected chi connectivity index (χ3v) is 3.34. The van der Waals surface area contributed by atoms with Crippen molar-refractivity contribution < 1.29 is 4.39 Å². The maximum Gasteiger partial charge on any atom is 0.147 e. The van der Waals surface area contributed by atoms with Crippen LogP contribution in [-0.4, -0.2) is 4.98 Å². The van der Waals surface area contributed by atoms with Gasteiger partial charge in [0.25, 0.3) is 0 Å². The first-order valence-electron chi connectivity index (χ1n) is 5.90. The smallest absolute Gasteiger partial charge is 0.147 e. The lowest BCUT2D eigenvalue weighted by Gasteiger charge is -2.18. The summed E-state index contributed by atoms with van der Waals surface area (Å²) in [6.07, 6.45) is 3.04. The first kappa shape index (κ1) is 11.2. The van der Waals surface area contributed by atoms with Gasteiger partial charge in [-0.15, -0.1) is 0 Å². The van der Waals surface area contributed by atoms with Gasteiger partial charge in [0.05, 0.1) is 5.52 Å². The van der Waals surface area contributed by atoms with Crippen LogP contribution in [-0.2, 0) is 0 Å². The SMILES string of the molecule is CCC(c1c[nH]c2c(F)cccc12)C(C)C. The summed E-state index contributed by atoms with van der Waals surface area (Å²) >= 11 is 0. The molecule has 1 nitrogen and oxygen atoms in total. The molecular formula is C14H18FN. The van der Waals surface area contributed by atoms with Crippen LogP contribution in [0.1, 0.15) is 38.7 Å². The lowest BCUT2D eigenvalue weighted by atomic mass is 9.86. The molecule has 1 unspecified atom stereocenters. The fourth-order valence-electron chi connectivity index (χ4n) is 2.50. The summed E-state index contributed by atoms with van der Waals surface area (Å²) in [5.74, 6) is 0.908. The molecule has 2 aromatic rings. The molecule has 0 aliphatic heterocycles. The number of hydrogen-bond donors (Lipinski definition) is 1. The van der Waals surface area contributed by atoms with E-state index in [0.29, 0.717) is 17.4 Å². The van der Waals surface area contributed by atoms with Crippen LogP contribution in [0.4, 0.5) is 4.39 Å². The highest BCUT2D eigenvalue weighted by Crippen LogP contribution is 2.33. The second-order valence-corrected chi connectivity index (χ2v) is 4.67. The summed E-state index contributed by atoms with van der Waals surface area (Å²) in [6.45, 7) is 6.61. The fourth-order valence-corrected chi connectivity index (χ4v) is 2.50. The van der Waals surface area contributed by atoms with Crippen molar-refractivity contribution in [3.63, 3.8) is 0 Å².